The number of methoxy groups -OCH3 is 1. The number of likely N-dealkylation sites (N-methyl/N-ethyl adjacent to an activating group) is 1. The van der Waals surface area contributed by atoms with Crippen LogP contribution in [0.1, 0.15) is 17.2 Å². The molecule has 1 atom stereocenters. The summed E-state index contributed by atoms with van der Waals surface area (Å²) in [6.45, 7) is 1.30. The molecule has 0 aliphatic rings. The minimum absolute atomic E-state index is 0.00521. The van der Waals surface area contributed by atoms with Gasteiger partial charge in [-0.2, -0.15) is 0 Å². The fourth-order valence-corrected chi connectivity index (χ4v) is 2.18. The molecule has 0 bridgehead atoms. The minimum atomic E-state index is -0.00521. The zero-order chi connectivity index (χ0) is 15.1. The summed E-state index contributed by atoms with van der Waals surface area (Å²) in [7, 11) is 3.58. The van der Waals surface area contributed by atoms with Crippen molar-refractivity contribution >= 4 is 11.6 Å². The average molecular weight is 306 g/mol. The van der Waals surface area contributed by atoms with E-state index in [-0.39, 0.29) is 6.10 Å². The van der Waals surface area contributed by atoms with Crippen molar-refractivity contribution in [3.05, 3.63) is 64.7 Å². The molecule has 0 fully saturated rings. The van der Waals surface area contributed by atoms with Crippen LogP contribution >= 0.6 is 11.6 Å². The van der Waals surface area contributed by atoms with Gasteiger partial charge in [-0.15, -0.1) is 0 Å². The van der Waals surface area contributed by atoms with Gasteiger partial charge in [0.05, 0.1) is 19.8 Å². The van der Waals surface area contributed by atoms with Gasteiger partial charge in [-0.25, -0.2) is 0 Å². The molecule has 2 aromatic carbocycles. The molecule has 0 radical (unpaired) electrons. The third kappa shape index (κ3) is 4.74. The summed E-state index contributed by atoms with van der Waals surface area (Å²) in [4.78, 5) is 0. The highest BCUT2D eigenvalue weighted by molar-refractivity contribution is 6.30. The lowest BCUT2D eigenvalue weighted by molar-refractivity contribution is 0.0410. The number of halogens is 1. The summed E-state index contributed by atoms with van der Waals surface area (Å²) in [6, 6.07) is 15.7. The summed E-state index contributed by atoms with van der Waals surface area (Å²) < 4.78 is 11.2. The third-order valence-electron chi connectivity index (χ3n) is 3.24. The van der Waals surface area contributed by atoms with Gasteiger partial charge in [-0.05, 0) is 42.4 Å². The van der Waals surface area contributed by atoms with Gasteiger partial charge in [0.15, 0.2) is 0 Å². The van der Waals surface area contributed by atoms with E-state index in [4.69, 9.17) is 21.1 Å². The van der Waals surface area contributed by atoms with Crippen molar-refractivity contribution in [3.63, 3.8) is 0 Å². The Bertz CT molecular complexity index is 540. The van der Waals surface area contributed by atoms with E-state index < -0.39 is 0 Å². The minimum Gasteiger partial charge on any atom is -0.497 e. The maximum atomic E-state index is 6.02. The third-order valence-corrected chi connectivity index (χ3v) is 3.49. The average Bonchev–Trinajstić information content (AvgIpc) is 2.53. The van der Waals surface area contributed by atoms with Crippen LogP contribution < -0.4 is 10.1 Å². The molecule has 0 heterocycles. The maximum Gasteiger partial charge on any atom is 0.118 e. The SMILES string of the molecule is CNCC(OCc1ccc(OC)cc1)c1ccc(Cl)cc1. The van der Waals surface area contributed by atoms with E-state index in [0.717, 1.165) is 28.4 Å². The van der Waals surface area contributed by atoms with Gasteiger partial charge in [0.1, 0.15) is 5.75 Å². The topological polar surface area (TPSA) is 30.5 Å². The number of nitrogens with one attached hydrogen (secondary N) is 1. The van der Waals surface area contributed by atoms with Gasteiger partial charge < -0.3 is 14.8 Å². The zero-order valence-electron chi connectivity index (χ0n) is 12.3. The quantitative estimate of drug-likeness (QED) is 0.843. The number of benzene rings is 2. The van der Waals surface area contributed by atoms with Gasteiger partial charge in [0.2, 0.25) is 0 Å². The molecule has 1 unspecified atom stereocenters. The smallest absolute Gasteiger partial charge is 0.118 e. The van der Waals surface area contributed by atoms with Crippen molar-refractivity contribution in [1.82, 2.24) is 5.32 Å². The monoisotopic (exact) mass is 305 g/mol. The van der Waals surface area contributed by atoms with Crippen LogP contribution in [0, 0.1) is 0 Å². The van der Waals surface area contributed by atoms with Crippen LogP contribution in [0.3, 0.4) is 0 Å². The highest BCUT2D eigenvalue weighted by atomic mass is 35.5. The van der Waals surface area contributed by atoms with Crippen molar-refractivity contribution in [2.24, 2.45) is 0 Å². The lowest BCUT2D eigenvalue weighted by Crippen LogP contribution is -2.19. The van der Waals surface area contributed by atoms with E-state index in [9.17, 15) is 0 Å². The first kappa shape index (κ1) is 15.8. The molecule has 2 rings (SSSR count). The number of hydrogen-bond donors (Lipinski definition) is 1. The molecule has 0 spiro atoms. The molecular formula is C17H20ClNO2. The molecule has 0 aliphatic carbocycles. The fraction of sp³-hybridized carbons (Fsp3) is 0.294. The molecule has 0 saturated heterocycles. The van der Waals surface area contributed by atoms with E-state index in [1.165, 1.54) is 0 Å². The second-order valence-electron chi connectivity index (χ2n) is 4.76. The molecule has 0 aromatic heterocycles. The van der Waals surface area contributed by atoms with E-state index in [2.05, 4.69) is 5.32 Å². The molecule has 0 saturated carbocycles. The largest absolute Gasteiger partial charge is 0.497 e. The first-order chi connectivity index (χ1) is 10.2. The van der Waals surface area contributed by atoms with Gasteiger partial charge in [-0.1, -0.05) is 35.9 Å². The number of rotatable bonds is 7. The summed E-state index contributed by atoms with van der Waals surface area (Å²) in [6.07, 6.45) is -0.00521. The Morgan fingerprint density at radius 2 is 1.71 bits per heavy atom. The molecule has 21 heavy (non-hydrogen) atoms. The second kappa shape index (κ2) is 8.03. The molecule has 3 nitrogen and oxygen atoms in total. The molecule has 2 aromatic rings. The summed E-state index contributed by atoms with van der Waals surface area (Å²) >= 11 is 5.93. The molecule has 4 heteroatoms. The van der Waals surface area contributed by atoms with Gasteiger partial charge >= 0.3 is 0 Å². The van der Waals surface area contributed by atoms with Crippen molar-refractivity contribution in [2.45, 2.75) is 12.7 Å². The van der Waals surface area contributed by atoms with Gasteiger partial charge in [0, 0.05) is 11.6 Å². The summed E-state index contributed by atoms with van der Waals surface area (Å²) in [5, 5.41) is 3.89. The van der Waals surface area contributed by atoms with Crippen molar-refractivity contribution in [3.8, 4) is 5.75 Å². The first-order valence-corrected chi connectivity index (χ1v) is 7.25. The second-order valence-corrected chi connectivity index (χ2v) is 5.19. The Hall–Kier alpha value is -1.55. The van der Waals surface area contributed by atoms with Crippen LogP contribution in [0.15, 0.2) is 48.5 Å². The highest BCUT2D eigenvalue weighted by Gasteiger charge is 2.11. The maximum absolute atomic E-state index is 6.02. The van der Waals surface area contributed by atoms with E-state index >= 15 is 0 Å². The Labute approximate surface area is 130 Å². The lowest BCUT2D eigenvalue weighted by atomic mass is 10.1. The Morgan fingerprint density at radius 3 is 2.29 bits per heavy atom. The zero-order valence-corrected chi connectivity index (χ0v) is 13.1. The summed E-state index contributed by atoms with van der Waals surface area (Å²) in [5.41, 5.74) is 2.23. The van der Waals surface area contributed by atoms with Crippen molar-refractivity contribution < 1.29 is 9.47 Å². The molecular weight excluding hydrogens is 286 g/mol. The normalized spacial score (nSPS) is 12.1. The van der Waals surface area contributed by atoms with Crippen LogP contribution in [0.25, 0.3) is 0 Å². The number of ether oxygens (including phenoxy) is 2. The van der Waals surface area contributed by atoms with Crippen LogP contribution in [0.4, 0.5) is 0 Å². The predicted molar refractivity (Wildman–Crippen MR) is 85.9 cm³/mol. The predicted octanol–water partition coefficient (Wildman–Crippen LogP) is 3.83. The van der Waals surface area contributed by atoms with Crippen molar-refractivity contribution in [2.75, 3.05) is 20.7 Å². The highest BCUT2D eigenvalue weighted by Crippen LogP contribution is 2.21. The van der Waals surface area contributed by atoms with Crippen LogP contribution in [-0.2, 0) is 11.3 Å². The Kier molecular flexibility index (Phi) is 6.05. The van der Waals surface area contributed by atoms with E-state index in [1.54, 1.807) is 7.11 Å². The van der Waals surface area contributed by atoms with Crippen LogP contribution in [0.5, 0.6) is 5.75 Å². The number of hydrogen-bond acceptors (Lipinski definition) is 3. The van der Waals surface area contributed by atoms with E-state index in [0.29, 0.717) is 6.61 Å². The van der Waals surface area contributed by atoms with Crippen LogP contribution in [0.2, 0.25) is 5.02 Å². The standard InChI is InChI=1S/C17H20ClNO2/c1-19-11-17(14-5-7-15(18)8-6-14)21-12-13-3-9-16(20-2)10-4-13/h3-10,17,19H,11-12H2,1-2H3. The lowest BCUT2D eigenvalue weighted by Gasteiger charge is -2.18. The molecule has 1 N–H and O–H groups in total. The van der Waals surface area contributed by atoms with E-state index in [1.807, 2.05) is 55.6 Å². The first-order valence-electron chi connectivity index (χ1n) is 6.87. The molecule has 0 aliphatic heterocycles. The van der Waals surface area contributed by atoms with Crippen LogP contribution in [-0.4, -0.2) is 20.7 Å². The Morgan fingerprint density at radius 1 is 1.05 bits per heavy atom. The Balaban J connectivity index is 2.00. The molecule has 0 amide bonds. The summed E-state index contributed by atoms with van der Waals surface area (Å²) in [5.74, 6) is 0.850. The van der Waals surface area contributed by atoms with Crippen molar-refractivity contribution in [1.29, 1.82) is 0 Å². The fourth-order valence-electron chi connectivity index (χ4n) is 2.05. The van der Waals surface area contributed by atoms with Gasteiger partial charge in [-0.3, -0.25) is 0 Å². The molecule has 112 valence electrons. The van der Waals surface area contributed by atoms with Gasteiger partial charge in [0.25, 0.3) is 0 Å².